The molecule has 14 heavy (non-hydrogen) atoms. The van der Waals surface area contributed by atoms with Crippen molar-refractivity contribution in [1.82, 2.24) is 0 Å². The molecule has 6 N–H and O–H groups in total. The quantitative estimate of drug-likeness (QED) is 0.279. The zero-order valence-corrected chi connectivity index (χ0v) is 7.02. The highest BCUT2D eigenvalue weighted by atomic mass is 16.6. The summed E-state index contributed by atoms with van der Waals surface area (Å²) in [4.78, 5) is 18.3. The molecule has 0 heterocycles. The summed E-state index contributed by atoms with van der Waals surface area (Å²) in [6.07, 6.45) is -6.46. The fraction of sp³-hybridized carbons (Fsp3) is 0.667. The first kappa shape index (κ1) is 15.3. The molecule has 8 heteroatoms. The lowest BCUT2D eigenvalue weighted by atomic mass is 10.1. The molecule has 0 aromatic heterocycles. The van der Waals surface area contributed by atoms with Crippen LogP contribution in [0.3, 0.4) is 0 Å². The van der Waals surface area contributed by atoms with Crippen LogP contribution in [0.4, 0.5) is 4.79 Å². The molecule has 8 nitrogen and oxygen atoms in total. The smallest absolute Gasteiger partial charge is 0.450 e. The van der Waals surface area contributed by atoms with Gasteiger partial charge in [-0.05, 0) is 0 Å². The Morgan fingerprint density at radius 3 is 1.79 bits per heavy atom. The Morgan fingerprint density at radius 2 is 1.57 bits per heavy atom. The monoisotopic (exact) mass is 212 g/mol. The van der Waals surface area contributed by atoms with Gasteiger partial charge in [0, 0.05) is 0 Å². The van der Waals surface area contributed by atoms with Gasteiger partial charge in [0.1, 0.15) is 18.3 Å². The van der Waals surface area contributed by atoms with Gasteiger partial charge in [0.15, 0.2) is 6.29 Å². The molecular weight excluding hydrogens is 200 g/mol. The summed E-state index contributed by atoms with van der Waals surface area (Å²) in [5, 5.41) is 48.0. The number of aliphatic hydroxyl groups excluding tert-OH is 4. The molecule has 3 atom stereocenters. The molecule has 0 aliphatic carbocycles. The normalized spacial score (nSPS) is 15.7. The van der Waals surface area contributed by atoms with Crippen LogP contribution in [0.1, 0.15) is 0 Å². The minimum absolute atomic E-state index is 0.0869. The van der Waals surface area contributed by atoms with E-state index in [4.69, 9.17) is 35.4 Å². The molecule has 0 saturated heterocycles. The van der Waals surface area contributed by atoms with Gasteiger partial charge in [0.2, 0.25) is 0 Å². The van der Waals surface area contributed by atoms with Crippen LogP contribution >= 0.6 is 0 Å². The zero-order valence-electron chi connectivity index (χ0n) is 7.02. The number of carboxylic acid groups (broad SMARTS) is 2. The minimum Gasteiger partial charge on any atom is -0.450 e. The number of aldehydes is 1. The standard InChI is InChI=1S/C5H10O5.CH2O3/c6-1-3(8)5(10)4(9)2-7;2-1(3)4/h1,3-5,7-10H,2H2;(H2,2,3,4). The average molecular weight is 212 g/mol. The topological polar surface area (TPSA) is 156 Å². The molecule has 0 aliphatic heterocycles. The van der Waals surface area contributed by atoms with E-state index in [0.29, 0.717) is 0 Å². The van der Waals surface area contributed by atoms with Crippen LogP contribution in [0.15, 0.2) is 0 Å². The highest BCUT2D eigenvalue weighted by molar-refractivity contribution is 5.56. The molecule has 0 amide bonds. The Bertz CT molecular complexity index is 165. The number of aliphatic hydroxyl groups is 4. The maximum atomic E-state index is 9.76. The van der Waals surface area contributed by atoms with Gasteiger partial charge in [0.25, 0.3) is 0 Å². The summed E-state index contributed by atoms with van der Waals surface area (Å²) in [7, 11) is 0. The summed E-state index contributed by atoms with van der Waals surface area (Å²) >= 11 is 0. The maximum absolute atomic E-state index is 9.76. The lowest BCUT2D eigenvalue weighted by Gasteiger charge is -2.16. The lowest BCUT2D eigenvalue weighted by molar-refractivity contribution is -0.127. The largest absolute Gasteiger partial charge is 0.503 e. The predicted molar refractivity (Wildman–Crippen MR) is 41.8 cm³/mol. The highest BCUT2D eigenvalue weighted by Gasteiger charge is 2.22. The zero-order chi connectivity index (χ0) is 11.7. The number of hydrogen-bond donors (Lipinski definition) is 6. The third-order valence-electron chi connectivity index (χ3n) is 1.07. The first-order valence-electron chi connectivity index (χ1n) is 3.39. The lowest BCUT2D eigenvalue weighted by Crippen LogP contribution is -2.40. The Kier molecular flexibility index (Phi) is 9.14. The number of hydrogen-bond acceptors (Lipinski definition) is 6. The van der Waals surface area contributed by atoms with E-state index in [1.165, 1.54) is 0 Å². The summed E-state index contributed by atoms with van der Waals surface area (Å²) in [5.41, 5.74) is 0. The number of carbonyl (C=O) groups excluding carboxylic acids is 1. The van der Waals surface area contributed by atoms with E-state index in [1.807, 2.05) is 0 Å². The molecule has 0 spiro atoms. The van der Waals surface area contributed by atoms with E-state index < -0.39 is 31.1 Å². The van der Waals surface area contributed by atoms with Crippen LogP contribution in [-0.4, -0.2) is 68.0 Å². The van der Waals surface area contributed by atoms with E-state index in [1.54, 1.807) is 0 Å². The second kappa shape index (κ2) is 8.38. The van der Waals surface area contributed by atoms with Crippen LogP contribution in [-0.2, 0) is 4.79 Å². The Balaban J connectivity index is 0. The van der Waals surface area contributed by atoms with Gasteiger partial charge in [-0.25, -0.2) is 4.79 Å². The van der Waals surface area contributed by atoms with Crippen LogP contribution in [0.5, 0.6) is 0 Å². The van der Waals surface area contributed by atoms with Crippen molar-refractivity contribution in [3.8, 4) is 0 Å². The van der Waals surface area contributed by atoms with E-state index in [-0.39, 0.29) is 6.29 Å². The van der Waals surface area contributed by atoms with Crippen LogP contribution in [0.25, 0.3) is 0 Å². The molecule has 0 aromatic carbocycles. The van der Waals surface area contributed by atoms with E-state index in [9.17, 15) is 4.79 Å². The van der Waals surface area contributed by atoms with Crippen molar-refractivity contribution in [3.63, 3.8) is 0 Å². The second-order valence-corrected chi connectivity index (χ2v) is 2.15. The molecule has 84 valence electrons. The van der Waals surface area contributed by atoms with Crippen LogP contribution < -0.4 is 0 Å². The minimum atomic E-state index is -1.83. The number of rotatable bonds is 4. The van der Waals surface area contributed by atoms with Gasteiger partial charge in [-0.15, -0.1) is 0 Å². The summed E-state index contributed by atoms with van der Waals surface area (Å²) in [6, 6.07) is 0. The number of carbonyl (C=O) groups is 2. The van der Waals surface area contributed by atoms with E-state index >= 15 is 0 Å². The Morgan fingerprint density at radius 1 is 1.21 bits per heavy atom. The molecule has 0 fully saturated rings. The average Bonchev–Trinajstić information content (AvgIpc) is 2.13. The van der Waals surface area contributed by atoms with E-state index in [0.717, 1.165) is 0 Å². The van der Waals surface area contributed by atoms with Crippen molar-refractivity contribution in [2.24, 2.45) is 0 Å². The molecule has 0 aromatic rings. The fourth-order valence-electron chi connectivity index (χ4n) is 0.416. The third-order valence-corrected chi connectivity index (χ3v) is 1.07. The molecule has 0 rings (SSSR count). The summed E-state index contributed by atoms with van der Waals surface area (Å²) < 4.78 is 0. The first-order chi connectivity index (χ1) is 6.36. The third kappa shape index (κ3) is 8.87. The maximum Gasteiger partial charge on any atom is 0.503 e. The van der Waals surface area contributed by atoms with Crippen molar-refractivity contribution in [2.75, 3.05) is 6.61 Å². The van der Waals surface area contributed by atoms with Crippen molar-refractivity contribution in [2.45, 2.75) is 18.3 Å². The summed E-state index contributed by atoms with van der Waals surface area (Å²) in [5.74, 6) is 0. The summed E-state index contributed by atoms with van der Waals surface area (Å²) in [6.45, 7) is -0.688. The van der Waals surface area contributed by atoms with Crippen molar-refractivity contribution < 1.29 is 40.2 Å². The van der Waals surface area contributed by atoms with Crippen molar-refractivity contribution in [3.05, 3.63) is 0 Å². The molecular formula is C6H12O8. The van der Waals surface area contributed by atoms with Gasteiger partial charge in [0.05, 0.1) is 6.61 Å². The van der Waals surface area contributed by atoms with Crippen molar-refractivity contribution in [1.29, 1.82) is 0 Å². The molecule has 3 unspecified atom stereocenters. The van der Waals surface area contributed by atoms with Crippen LogP contribution in [0, 0.1) is 0 Å². The highest BCUT2D eigenvalue weighted by Crippen LogP contribution is 1.96. The molecule has 0 aliphatic rings. The predicted octanol–water partition coefficient (Wildman–Crippen LogP) is -2.52. The molecule has 0 radical (unpaired) electrons. The Hall–Kier alpha value is -1.22. The van der Waals surface area contributed by atoms with Crippen molar-refractivity contribution >= 4 is 12.4 Å². The Labute approximate surface area is 78.7 Å². The fourth-order valence-corrected chi connectivity index (χ4v) is 0.416. The SMILES string of the molecule is O=C(O)O.O=CC(O)C(O)C(O)CO. The molecule has 0 saturated carbocycles. The first-order valence-corrected chi connectivity index (χ1v) is 3.39. The van der Waals surface area contributed by atoms with Gasteiger partial charge in [-0.3, -0.25) is 0 Å². The van der Waals surface area contributed by atoms with Gasteiger partial charge >= 0.3 is 6.16 Å². The van der Waals surface area contributed by atoms with E-state index in [2.05, 4.69) is 0 Å². The second-order valence-electron chi connectivity index (χ2n) is 2.15. The van der Waals surface area contributed by atoms with Gasteiger partial charge in [-0.1, -0.05) is 0 Å². The van der Waals surface area contributed by atoms with Crippen LogP contribution in [0.2, 0.25) is 0 Å². The van der Waals surface area contributed by atoms with Gasteiger partial charge in [-0.2, -0.15) is 0 Å². The van der Waals surface area contributed by atoms with Gasteiger partial charge < -0.3 is 35.4 Å². The molecule has 0 bridgehead atoms.